The van der Waals surface area contributed by atoms with Crippen molar-refractivity contribution in [2.75, 3.05) is 5.32 Å². The van der Waals surface area contributed by atoms with E-state index in [2.05, 4.69) is 15.4 Å². The summed E-state index contributed by atoms with van der Waals surface area (Å²) in [4.78, 5) is 30.1. The molecule has 8 heteroatoms. The number of carbonyl (C=O) groups is 2. The van der Waals surface area contributed by atoms with Crippen molar-refractivity contribution in [3.63, 3.8) is 0 Å². The second-order valence-corrected chi connectivity index (χ2v) is 8.17. The number of fused-ring (bicyclic) bond motifs is 1. The molecule has 7 nitrogen and oxygen atoms in total. The molecule has 2 aromatic heterocycles. The summed E-state index contributed by atoms with van der Waals surface area (Å²) in [6.07, 6.45) is 0.505. The summed E-state index contributed by atoms with van der Waals surface area (Å²) >= 11 is 0. The number of anilines is 1. The molecule has 0 aliphatic rings. The number of rotatable bonds is 6. The normalized spacial score (nSPS) is 12.4. The molecule has 2 heterocycles. The molecule has 0 aliphatic heterocycles. The minimum Gasteiger partial charge on any atom is -0.449 e. The number of benzene rings is 1. The van der Waals surface area contributed by atoms with Crippen molar-refractivity contribution in [3.8, 4) is 0 Å². The number of halogens is 1. The number of pyridine rings is 1. The van der Waals surface area contributed by atoms with Gasteiger partial charge in [-0.05, 0) is 57.4 Å². The van der Waals surface area contributed by atoms with Gasteiger partial charge in [0.1, 0.15) is 5.82 Å². The summed E-state index contributed by atoms with van der Waals surface area (Å²) in [5.41, 5.74) is 2.40. The van der Waals surface area contributed by atoms with Gasteiger partial charge in [0.2, 0.25) is 0 Å². The van der Waals surface area contributed by atoms with E-state index in [9.17, 15) is 14.0 Å². The number of esters is 1. The predicted molar refractivity (Wildman–Crippen MR) is 117 cm³/mol. The van der Waals surface area contributed by atoms with Gasteiger partial charge in [0.15, 0.2) is 11.8 Å². The third-order valence-electron chi connectivity index (χ3n) is 4.98. The number of hydrogen-bond donors (Lipinski definition) is 1. The van der Waals surface area contributed by atoms with Crippen LogP contribution >= 0.6 is 0 Å². The van der Waals surface area contributed by atoms with Gasteiger partial charge in [-0.25, -0.2) is 18.9 Å². The van der Waals surface area contributed by atoms with Gasteiger partial charge in [-0.3, -0.25) is 4.79 Å². The van der Waals surface area contributed by atoms with Gasteiger partial charge in [-0.1, -0.05) is 19.9 Å². The van der Waals surface area contributed by atoms with E-state index < -0.39 is 23.8 Å². The second kappa shape index (κ2) is 8.83. The summed E-state index contributed by atoms with van der Waals surface area (Å²) in [5, 5.41) is 7.49. The lowest BCUT2D eigenvalue weighted by Crippen LogP contribution is -2.30. The zero-order chi connectivity index (χ0) is 22.9. The topological polar surface area (TPSA) is 86.1 Å². The van der Waals surface area contributed by atoms with Crippen LogP contribution in [0.15, 0.2) is 30.5 Å². The van der Waals surface area contributed by atoms with E-state index in [-0.39, 0.29) is 12.0 Å². The average Bonchev–Trinajstić information content (AvgIpc) is 3.14. The number of hydrogen-bond acceptors (Lipinski definition) is 5. The van der Waals surface area contributed by atoms with Crippen LogP contribution in [0.1, 0.15) is 68.2 Å². The number of nitrogens with zero attached hydrogens (tertiary/aromatic N) is 3. The average molecular weight is 426 g/mol. The van der Waals surface area contributed by atoms with Crippen LogP contribution in [0.4, 0.5) is 10.1 Å². The van der Waals surface area contributed by atoms with E-state index in [1.165, 1.54) is 13.0 Å². The first-order valence-electron chi connectivity index (χ1n) is 10.2. The number of nitrogens with one attached hydrogen (secondary N) is 1. The fourth-order valence-corrected chi connectivity index (χ4v) is 3.07. The fraction of sp³-hybridized carbons (Fsp3) is 0.391. The molecule has 3 aromatic rings. The Morgan fingerprint density at radius 3 is 2.45 bits per heavy atom. The molecule has 1 N–H and O–H groups in total. The van der Waals surface area contributed by atoms with Gasteiger partial charge in [-0.2, -0.15) is 5.10 Å². The van der Waals surface area contributed by atoms with E-state index >= 15 is 0 Å². The van der Waals surface area contributed by atoms with Gasteiger partial charge in [0.05, 0.1) is 17.1 Å². The third-order valence-corrected chi connectivity index (χ3v) is 4.98. The molecule has 0 fully saturated rings. The number of aromatic nitrogens is 3. The van der Waals surface area contributed by atoms with E-state index in [0.717, 1.165) is 5.69 Å². The summed E-state index contributed by atoms with van der Waals surface area (Å²) in [5.74, 6) is -1.53. The molecule has 164 valence electrons. The fourth-order valence-electron chi connectivity index (χ4n) is 3.07. The molecule has 0 spiro atoms. The molecule has 1 amide bonds. The molecule has 0 saturated carbocycles. The van der Waals surface area contributed by atoms with Gasteiger partial charge >= 0.3 is 5.97 Å². The van der Waals surface area contributed by atoms with Gasteiger partial charge in [-0.15, -0.1) is 0 Å². The Balaban J connectivity index is 1.84. The Bertz CT molecular complexity index is 1140. The van der Waals surface area contributed by atoms with Crippen molar-refractivity contribution in [1.82, 2.24) is 14.8 Å². The Morgan fingerprint density at radius 2 is 1.84 bits per heavy atom. The molecule has 0 aliphatic carbocycles. The van der Waals surface area contributed by atoms with Gasteiger partial charge in [0.25, 0.3) is 5.91 Å². The zero-order valence-electron chi connectivity index (χ0n) is 18.6. The highest BCUT2D eigenvalue weighted by molar-refractivity contribution is 6.04. The Kier molecular flexibility index (Phi) is 6.38. The maximum atomic E-state index is 13.7. The minimum absolute atomic E-state index is 0.0656. The number of carbonyl (C=O) groups excluding carboxylic acids is 2. The Labute approximate surface area is 180 Å². The SMILES string of the molecule is Cc1ccc(NC(=O)[C@H](C)OC(=O)c2cc(C(C)C)nc3c2cnn3C(C)C)cc1F. The summed E-state index contributed by atoms with van der Waals surface area (Å²) < 4.78 is 20.9. The minimum atomic E-state index is -1.08. The summed E-state index contributed by atoms with van der Waals surface area (Å²) in [7, 11) is 0. The van der Waals surface area contributed by atoms with E-state index in [0.29, 0.717) is 27.8 Å². The highest BCUT2D eigenvalue weighted by Gasteiger charge is 2.24. The molecular weight excluding hydrogens is 399 g/mol. The van der Waals surface area contributed by atoms with Crippen molar-refractivity contribution in [2.24, 2.45) is 0 Å². The van der Waals surface area contributed by atoms with E-state index in [1.807, 2.05) is 27.7 Å². The summed E-state index contributed by atoms with van der Waals surface area (Å²) in [6.45, 7) is 11.0. The first-order chi connectivity index (χ1) is 14.6. The number of amides is 1. The van der Waals surface area contributed by atoms with Crippen LogP contribution in [-0.4, -0.2) is 32.7 Å². The predicted octanol–water partition coefficient (Wildman–Crippen LogP) is 4.77. The maximum absolute atomic E-state index is 13.7. The van der Waals surface area contributed by atoms with E-state index in [4.69, 9.17) is 4.74 Å². The van der Waals surface area contributed by atoms with Crippen LogP contribution < -0.4 is 5.32 Å². The number of aryl methyl sites for hydroxylation is 1. The van der Waals surface area contributed by atoms with Crippen molar-refractivity contribution in [3.05, 3.63) is 53.1 Å². The standard InChI is InChI=1S/C23H27FN4O3/c1-12(2)20-10-17(18-11-25-28(13(3)4)21(18)27-20)23(30)31-15(6)22(29)26-16-8-7-14(5)19(24)9-16/h7-13,15H,1-6H3,(H,26,29)/t15-/m0/s1. The summed E-state index contributed by atoms with van der Waals surface area (Å²) in [6, 6.07) is 6.13. The van der Waals surface area contributed by atoms with Crippen molar-refractivity contribution in [2.45, 2.75) is 59.6 Å². The first-order valence-corrected chi connectivity index (χ1v) is 10.2. The molecule has 0 saturated heterocycles. The van der Waals surface area contributed by atoms with Crippen molar-refractivity contribution < 1.29 is 18.7 Å². The quantitative estimate of drug-likeness (QED) is 0.574. The molecule has 31 heavy (non-hydrogen) atoms. The van der Waals surface area contributed by atoms with Crippen LogP contribution in [0.2, 0.25) is 0 Å². The highest BCUT2D eigenvalue weighted by atomic mass is 19.1. The molecule has 1 atom stereocenters. The highest BCUT2D eigenvalue weighted by Crippen LogP contribution is 2.25. The maximum Gasteiger partial charge on any atom is 0.339 e. The lowest BCUT2D eigenvalue weighted by atomic mass is 10.1. The number of ether oxygens (including phenoxy) is 1. The van der Waals surface area contributed by atoms with Crippen LogP contribution in [-0.2, 0) is 9.53 Å². The van der Waals surface area contributed by atoms with Crippen LogP contribution in [0, 0.1) is 12.7 Å². The molecular formula is C23H27FN4O3. The lowest BCUT2D eigenvalue weighted by molar-refractivity contribution is -0.123. The van der Waals surface area contributed by atoms with Gasteiger partial charge < -0.3 is 10.1 Å². The molecule has 0 bridgehead atoms. The Hall–Kier alpha value is -3.29. The van der Waals surface area contributed by atoms with Crippen LogP contribution in [0.25, 0.3) is 11.0 Å². The largest absolute Gasteiger partial charge is 0.449 e. The lowest BCUT2D eigenvalue weighted by Gasteiger charge is -2.15. The van der Waals surface area contributed by atoms with E-state index in [1.54, 1.807) is 36.0 Å². The molecule has 3 rings (SSSR count). The van der Waals surface area contributed by atoms with Gasteiger partial charge in [0, 0.05) is 17.4 Å². The zero-order valence-corrected chi connectivity index (χ0v) is 18.6. The third kappa shape index (κ3) is 4.73. The van der Waals surface area contributed by atoms with Crippen molar-refractivity contribution in [1.29, 1.82) is 0 Å². The molecule has 1 aromatic carbocycles. The second-order valence-electron chi connectivity index (χ2n) is 8.17. The first kappa shape index (κ1) is 22.4. The monoisotopic (exact) mass is 426 g/mol. The molecule has 0 radical (unpaired) electrons. The smallest absolute Gasteiger partial charge is 0.339 e. The Morgan fingerprint density at radius 1 is 1.13 bits per heavy atom. The van der Waals surface area contributed by atoms with Crippen LogP contribution in [0.5, 0.6) is 0 Å². The van der Waals surface area contributed by atoms with Crippen LogP contribution in [0.3, 0.4) is 0 Å². The molecule has 0 unspecified atom stereocenters. The van der Waals surface area contributed by atoms with Crippen molar-refractivity contribution >= 4 is 28.6 Å².